The minimum Gasteiger partial charge on any atom is -0.481 e. The molecule has 0 spiro atoms. The van der Waals surface area contributed by atoms with Crippen molar-refractivity contribution in [3.05, 3.63) is 70.7 Å². The summed E-state index contributed by atoms with van der Waals surface area (Å²) in [6.07, 6.45) is 2.24. The van der Waals surface area contributed by atoms with Gasteiger partial charge < -0.3 is 10.4 Å². The highest BCUT2D eigenvalue weighted by Gasteiger charge is 2.11. The molecule has 0 aliphatic rings. The van der Waals surface area contributed by atoms with Gasteiger partial charge in [-0.1, -0.05) is 51.0 Å². The Morgan fingerprint density at radius 1 is 1.09 bits per heavy atom. The Morgan fingerprint density at radius 3 is 2.52 bits per heavy atom. The van der Waals surface area contributed by atoms with Crippen LogP contribution < -0.4 is 10.6 Å². The molecule has 1 aromatic heterocycles. The first-order valence-electron chi connectivity index (χ1n) is 11.0. The van der Waals surface area contributed by atoms with Crippen LogP contribution in [0.1, 0.15) is 48.3 Å². The summed E-state index contributed by atoms with van der Waals surface area (Å²) in [7, 11) is 0. The van der Waals surface area contributed by atoms with E-state index in [1.54, 1.807) is 17.5 Å². The highest BCUT2D eigenvalue weighted by atomic mass is 32.2. The molecule has 0 unspecified atom stereocenters. The van der Waals surface area contributed by atoms with Gasteiger partial charge in [0.15, 0.2) is 5.13 Å². The van der Waals surface area contributed by atoms with Crippen LogP contribution in [0.2, 0.25) is 0 Å². The molecule has 0 bridgehead atoms. The number of nitrogens with one attached hydrogen (secondary N) is 2. The monoisotopic (exact) mass is 483 g/mol. The fourth-order valence-electron chi connectivity index (χ4n) is 3.21. The molecule has 0 atom stereocenters. The lowest BCUT2D eigenvalue weighted by molar-refractivity contribution is -0.136. The van der Waals surface area contributed by atoms with Crippen molar-refractivity contribution in [2.24, 2.45) is 5.92 Å². The zero-order valence-electron chi connectivity index (χ0n) is 18.8. The molecule has 0 fully saturated rings. The van der Waals surface area contributed by atoms with Crippen molar-refractivity contribution in [1.29, 1.82) is 0 Å². The lowest BCUT2D eigenvalue weighted by Crippen LogP contribution is -2.12. The first-order chi connectivity index (χ1) is 16.0. The van der Waals surface area contributed by atoms with E-state index in [2.05, 4.69) is 47.7 Å². The van der Waals surface area contributed by atoms with Gasteiger partial charge in [-0.2, -0.15) is 0 Å². The van der Waals surface area contributed by atoms with Crippen LogP contribution in [0.15, 0.2) is 58.8 Å². The van der Waals surface area contributed by atoms with Gasteiger partial charge in [0.1, 0.15) is 0 Å². The number of carbonyl (C=O) groups excluding carboxylic acids is 1. The Morgan fingerprint density at radius 2 is 1.82 bits per heavy atom. The maximum Gasteiger partial charge on any atom is 0.309 e. The van der Waals surface area contributed by atoms with E-state index >= 15 is 0 Å². The lowest BCUT2D eigenvalue weighted by Gasteiger charge is -2.15. The Kier molecular flexibility index (Phi) is 9.33. The summed E-state index contributed by atoms with van der Waals surface area (Å²) in [6.45, 7) is 5.16. The zero-order valence-corrected chi connectivity index (χ0v) is 20.5. The molecule has 8 heteroatoms. The van der Waals surface area contributed by atoms with Crippen molar-refractivity contribution in [2.45, 2.75) is 44.6 Å². The Hall–Kier alpha value is -2.84. The predicted molar refractivity (Wildman–Crippen MR) is 136 cm³/mol. The topological polar surface area (TPSA) is 91.3 Å². The molecule has 33 heavy (non-hydrogen) atoms. The molecule has 6 nitrogen and oxygen atoms in total. The van der Waals surface area contributed by atoms with Gasteiger partial charge in [-0.05, 0) is 35.7 Å². The molecule has 2 aromatic carbocycles. The molecule has 3 N–H and O–H groups in total. The number of hydrogen-bond acceptors (Lipinski definition) is 6. The van der Waals surface area contributed by atoms with Crippen molar-refractivity contribution in [3.63, 3.8) is 0 Å². The molecule has 174 valence electrons. The number of carboxylic acid groups (broad SMARTS) is 1. The summed E-state index contributed by atoms with van der Waals surface area (Å²) in [6, 6.07) is 15.8. The van der Waals surface area contributed by atoms with E-state index in [1.165, 1.54) is 29.1 Å². The number of para-hydroxylation sites is 1. The second-order valence-electron chi connectivity index (χ2n) is 7.71. The molecule has 0 saturated heterocycles. The van der Waals surface area contributed by atoms with Crippen LogP contribution >= 0.6 is 23.1 Å². The predicted octanol–water partition coefficient (Wildman–Crippen LogP) is 6.16. The molecular formula is C25H29N3O3S2. The fourth-order valence-corrected chi connectivity index (χ4v) is 5.27. The van der Waals surface area contributed by atoms with E-state index in [-0.39, 0.29) is 12.3 Å². The van der Waals surface area contributed by atoms with Crippen molar-refractivity contribution in [3.8, 4) is 0 Å². The van der Waals surface area contributed by atoms with Crippen LogP contribution in [0, 0.1) is 5.92 Å². The molecule has 0 aliphatic heterocycles. The normalized spacial score (nSPS) is 10.9. The Labute approximate surface area is 202 Å². The number of aliphatic carboxylic acids is 1. The van der Waals surface area contributed by atoms with Gasteiger partial charge in [0.25, 0.3) is 5.91 Å². The average Bonchev–Trinajstić information content (AvgIpc) is 3.25. The van der Waals surface area contributed by atoms with Crippen LogP contribution in [0.3, 0.4) is 0 Å². The summed E-state index contributed by atoms with van der Waals surface area (Å²) >= 11 is 3.11. The van der Waals surface area contributed by atoms with Gasteiger partial charge >= 0.3 is 5.97 Å². The number of thiazole rings is 1. The van der Waals surface area contributed by atoms with Crippen molar-refractivity contribution in [1.82, 2.24) is 4.98 Å². The third-order valence-electron chi connectivity index (χ3n) is 5.32. The van der Waals surface area contributed by atoms with Crippen LogP contribution in [-0.4, -0.2) is 27.7 Å². The number of benzene rings is 2. The summed E-state index contributed by atoms with van der Waals surface area (Å²) in [5, 5.41) is 17.1. The van der Waals surface area contributed by atoms with E-state index in [0.29, 0.717) is 22.9 Å². The lowest BCUT2D eigenvalue weighted by atomic mass is 10.1. The van der Waals surface area contributed by atoms with E-state index in [9.17, 15) is 9.59 Å². The van der Waals surface area contributed by atoms with Gasteiger partial charge in [-0.3, -0.25) is 14.9 Å². The maximum absolute atomic E-state index is 12.5. The number of thioether (sulfide) groups is 1. The standard InChI is InChI=1S/C25H29N3O3S2/c1-3-17(4-2)15-32-22-8-6-5-7-21(22)26-14-18-9-11-19(12-10-18)24(31)28-25-27-20(16-33-25)13-23(29)30/h5-12,16-17,26H,3-4,13-15H2,1-2H3,(H,29,30)(H,27,28,31). The first-order valence-corrected chi connectivity index (χ1v) is 12.9. The maximum atomic E-state index is 12.5. The zero-order chi connectivity index (χ0) is 23.6. The number of aromatic nitrogens is 1. The van der Waals surface area contributed by atoms with E-state index in [4.69, 9.17) is 5.11 Å². The van der Waals surface area contributed by atoms with E-state index < -0.39 is 5.97 Å². The van der Waals surface area contributed by atoms with Crippen molar-refractivity contribution in [2.75, 3.05) is 16.4 Å². The van der Waals surface area contributed by atoms with Crippen LogP contribution in [0.5, 0.6) is 0 Å². The van der Waals surface area contributed by atoms with Gasteiger partial charge in [-0.25, -0.2) is 4.98 Å². The van der Waals surface area contributed by atoms with Gasteiger partial charge in [0.05, 0.1) is 12.1 Å². The smallest absolute Gasteiger partial charge is 0.309 e. The molecule has 3 aromatic rings. The number of carboxylic acids is 1. The summed E-state index contributed by atoms with van der Waals surface area (Å²) in [4.78, 5) is 28.6. The number of anilines is 2. The number of amides is 1. The summed E-state index contributed by atoms with van der Waals surface area (Å²) in [5.41, 5.74) is 3.15. The minimum atomic E-state index is -0.949. The second-order valence-corrected chi connectivity index (χ2v) is 9.63. The molecule has 1 heterocycles. The molecular weight excluding hydrogens is 454 g/mol. The van der Waals surface area contributed by atoms with E-state index in [1.807, 2.05) is 30.0 Å². The third kappa shape index (κ3) is 7.61. The fraction of sp³-hybridized carbons (Fsp3) is 0.320. The summed E-state index contributed by atoms with van der Waals surface area (Å²) < 4.78 is 0. The van der Waals surface area contributed by atoms with Crippen LogP contribution in [0.4, 0.5) is 10.8 Å². The Balaban J connectivity index is 1.55. The molecule has 1 amide bonds. The third-order valence-corrected chi connectivity index (χ3v) is 7.43. The SMILES string of the molecule is CCC(CC)CSc1ccccc1NCc1ccc(C(=O)Nc2nc(CC(=O)O)cs2)cc1. The van der Waals surface area contributed by atoms with Gasteiger partial charge in [-0.15, -0.1) is 23.1 Å². The quantitative estimate of drug-likeness (QED) is 0.267. The van der Waals surface area contributed by atoms with Crippen molar-refractivity contribution >= 4 is 45.8 Å². The molecule has 3 rings (SSSR count). The molecule has 0 radical (unpaired) electrons. The number of carbonyl (C=O) groups is 2. The largest absolute Gasteiger partial charge is 0.481 e. The molecule has 0 saturated carbocycles. The highest BCUT2D eigenvalue weighted by molar-refractivity contribution is 7.99. The number of hydrogen-bond donors (Lipinski definition) is 3. The van der Waals surface area contributed by atoms with Crippen molar-refractivity contribution < 1.29 is 14.7 Å². The van der Waals surface area contributed by atoms with Gasteiger partial charge in [0, 0.05) is 33.8 Å². The first kappa shape index (κ1) is 24.8. The number of nitrogens with zero attached hydrogens (tertiary/aromatic N) is 1. The average molecular weight is 484 g/mol. The van der Waals surface area contributed by atoms with Crippen LogP contribution in [-0.2, 0) is 17.8 Å². The molecule has 0 aliphatic carbocycles. The summed E-state index contributed by atoms with van der Waals surface area (Å²) in [5.74, 6) is 0.630. The minimum absolute atomic E-state index is 0.159. The van der Waals surface area contributed by atoms with Gasteiger partial charge in [0.2, 0.25) is 0 Å². The second kappa shape index (κ2) is 12.4. The Bertz CT molecular complexity index is 1060. The highest BCUT2D eigenvalue weighted by Crippen LogP contribution is 2.30. The number of rotatable bonds is 12. The van der Waals surface area contributed by atoms with Crippen LogP contribution in [0.25, 0.3) is 0 Å². The van der Waals surface area contributed by atoms with E-state index in [0.717, 1.165) is 22.9 Å².